The normalized spacial score (nSPS) is 18.5. The Morgan fingerprint density at radius 1 is 1.00 bits per heavy atom. The molecule has 0 spiro atoms. The van der Waals surface area contributed by atoms with Gasteiger partial charge in [0.25, 0.3) is 0 Å². The molecule has 7 rings (SSSR count). The fraction of sp³-hybridized carbons (Fsp3) is 0.375. The molecule has 1 saturated heterocycles. The molecule has 2 unspecified atom stereocenters. The van der Waals surface area contributed by atoms with E-state index in [1.54, 1.807) is 17.1 Å². The van der Waals surface area contributed by atoms with Crippen LogP contribution in [0.5, 0.6) is 17.2 Å². The number of aromatic nitrogens is 4. The van der Waals surface area contributed by atoms with Gasteiger partial charge in [0.05, 0.1) is 12.5 Å². The van der Waals surface area contributed by atoms with E-state index in [0.29, 0.717) is 38.5 Å². The van der Waals surface area contributed by atoms with Crippen LogP contribution in [0.3, 0.4) is 0 Å². The smallest absolute Gasteiger partial charge is 0.237 e. The van der Waals surface area contributed by atoms with E-state index in [1.165, 1.54) is 0 Å². The van der Waals surface area contributed by atoms with Gasteiger partial charge in [0, 0.05) is 61.9 Å². The topological polar surface area (TPSA) is 130 Å². The number of rotatable bonds is 9. The van der Waals surface area contributed by atoms with E-state index >= 15 is 0 Å². The lowest BCUT2D eigenvalue weighted by Crippen LogP contribution is -2.58. The highest BCUT2D eigenvalue weighted by Crippen LogP contribution is 2.34. The van der Waals surface area contributed by atoms with E-state index in [-0.39, 0.29) is 25.5 Å². The summed E-state index contributed by atoms with van der Waals surface area (Å²) in [5.41, 5.74) is 10.3. The van der Waals surface area contributed by atoms with Gasteiger partial charge in [-0.3, -0.25) is 14.3 Å². The van der Waals surface area contributed by atoms with Gasteiger partial charge < -0.3 is 29.6 Å². The molecule has 4 aromatic rings. The van der Waals surface area contributed by atoms with E-state index in [0.717, 1.165) is 58.5 Å². The maximum atomic E-state index is 13.2. The highest BCUT2D eigenvalue weighted by Gasteiger charge is 2.37. The van der Waals surface area contributed by atoms with Gasteiger partial charge in [-0.1, -0.05) is 12.1 Å². The monoisotopic (exact) mass is 597 g/mol. The van der Waals surface area contributed by atoms with Gasteiger partial charge in [-0.25, -0.2) is 9.97 Å². The lowest BCUT2D eigenvalue weighted by Gasteiger charge is -2.44. The minimum Gasteiger partial charge on any atom is -0.467 e. The maximum absolute atomic E-state index is 13.2. The Morgan fingerprint density at radius 2 is 1.84 bits per heavy atom. The number of carbonyl (C=O) groups excluding carboxylic acids is 1. The van der Waals surface area contributed by atoms with Gasteiger partial charge in [0.2, 0.25) is 18.6 Å². The Bertz CT molecular complexity index is 1650. The van der Waals surface area contributed by atoms with Gasteiger partial charge in [-0.2, -0.15) is 4.98 Å². The number of primary amides is 1. The molecule has 2 N–H and O–H groups in total. The molecule has 12 heteroatoms. The third-order valence-corrected chi connectivity index (χ3v) is 8.50. The Morgan fingerprint density at radius 3 is 2.70 bits per heavy atom. The van der Waals surface area contributed by atoms with Crippen LogP contribution in [0.15, 0.2) is 61.2 Å². The Kier molecular flexibility index (Phi) is 7.75. The summed E-state index contributed by atoms with van der Waals surface area (Å²) >= 11 is 0. The average molecular weight is 598 g/mol. The molecule has 5 heterocycles. The summed E-state index contributed by atoms with van der Waals surface area (Å²) in [5, 5.41) is 0. The number of amides is 1. The van der Waals surface area contributed by atoms with Gasteiger partial charge in [0.15, 0.2) is 18.3 Å². The zero-order valence-corrected chi connectivity index (χ0v) is 24.6. The van der Waals surface area contributed by atoms with Crippen molar-refractivity contribution in [1.29, 1.82) is 0 Å². The van der Waals surface area contributed by atoms with E-state index in [4.69, 9.17) is 29.7 Å². The molecule has 1 amide bonds. The molecule has 3 aliphatic rings. The number of fused-ring (bicyclic) bond motifs is 2. The zero-order valence-electron chi connectivity index (χ0n) is 24.6. The SMILES string of the molecule is Cc1cc(N2CCN(Cc3ccc4c(c3)OCO4)C(C(CCc3ccc4c(c3)COCO4)C(N)=O)C2)nc(-n2ccnc2)n1. The summed E-state index contributed by atoms with van der Waals surface area (Å²) < 4.78 is 24.0. The predicted octanol–water partition coefficient (Wildman–Crippen LogP) is 2.99. The second-order valence-corrected chi connectivity index (χ2v) is 11.4. The molecule has 2 aromatic heterocycles. The van der Waals surface area contributed by atoms with Crippen LogP contribution in [-0.2, 0) is 29.1 Å². The first-order valence-electron chi connectivity index (χ1n) is 14.8. The van der Waals surface area contributed by atoms with E-state index in [1.807, 2.05) is 37.4 Å². The quantitative estimate of drug-likeness (QED) is 0.307. The van der Waals surface area contributed by atoms with Crippen LogP contribution in [0.2, 0.25) is 0 Å². The minimum atomic E-state index is -0.397. The number of nitrogens with two attached hydrogens (primary N) is 1. The number of ether oxygens (including phenoxy) is 4. The number of hydrogen-bond acceptors (Lipinski definition) is 10. The van der Waals surface area contributed by atoms with Crippen molar-refractivity contribution in [2.24, 2.45) is 11.7 Å². The molecule has 44 heavy (non-hydrogen) atoms. The van der Waals surface area contributed by atoms with Crippen LogP contribution in [0.1, 0.15) is 28.8 Å². The Balaban J connectivity index is 1.16. The first kappa shape index (κ1) is 28.1. The molecule has 0 bridgehead atoms. The second-order valence-electron chi connectivity index (χ2n) is 11.4. The molecule has 2 aromatic carbocycles. The van der Waals surface area contributed by atoms with Crippen LogP contribution in [0.4, 0.5) is 5.82 Å². The zero-order chi connectivity index (χ0) is 30.0. The van der Waals surface area contributed by atoms with E-state index in [2.05, 4.69) is 38.0 Å². The maximum Gasteiger partial charge on any atom is 0.237 e. The molecule has 228 valence electrons. The van der Waals surface area contributed by atoms with Crippen molar-refractivity contribution in [1.82, 2.24) is 24.4 Å². The number of carbonyl (C=O) groups is 1. The summed E-state index contributed by atoms with van der Waals surface area (Å²) in [6.45, 7) is 5.66. The highest BCUT2D eigenvalue weighted by atomic mass is 16.7. The van der Waals surface area contributed by atoms with Crippen molar-refractivity contribution in [3.63, 3.8) is 0 Å². The molecular weight excluding hydrogens is 562 g/mol. The molecule has 3 aliphatic heterocycles. The van der Waals surface area contributed by atoms with Gasteiger partial charge in [-0.15, -0.1) is 0 Å². The predicted molar refractivity (Wildman–Crippen MR) is 161 cm³/mol. The molecule has 0 radical (unpaired) electrons. The second kappa shape index (κ2) is 12.1. The third-order valence-electron chi connectivity index (χ3n) is 8.50. The summed E-state index contributed by atoms with van der Waals surface area (Å²) in [6.07, 6.45) is 6.53. The first-order chi connectivity index (χ1) is 21.5. The van der Waals surface area contributed by atoms with E-state index in [9.17, 15) is 4.79 Å². The Hall–Kier alpha value is -4.68. The largest absolute Gasteiger partial charge is 0.467 e. The van der Waals surface area contributed by atoms with Gasteiger partial charge in [-0.05, 0) is 55.2 Å². The summed E-state index contributed by atoms with van der Waals surface area (Å²) in [5.74, 6) is 3.00. The first-order valence-corrected chi connectivity index (χ1v) is 14.8. The fourth-order valence-electron chi connectivity index (χ4n) is 6.24. The molecule has 0 aliphatic carbocycles. The Labute approximate surface area is 255 Å². The number of anilines is 1. The highest BCUT2D eigenvalue weighted by molar-refractivity contribution is 5.77. The molecule has 2 atom stereocenters. The van der Waals surface area contributed by atoms with Gasteiger partial charge >= 0.3 is 0 Å². The summed E-state index contributed by atoms with van der Waals surface area (Å²) in [6, 6.07) is 14.0. The van der Waals surface area contributed by atoms with Crippen molar-refractivity contribution >= 4 is 11.7 Å². The third kappa shape index (κ3) is 5.90. The van der Waals surface area contributed by atoms with Crippen molar-refractivity contribution in [2.75, 3.05) is 38.1 Å². The number of nitrogens with zero attached hydrogens (tertiary/aromatic N) is 6. The fourth-order valence-corrected chi connectivity index (χ4v) is 6.24. The minimum absolute atomic E-state index is 0.150. The number of piperazine rings is 1. The van der Waals surface area contributed by atoms with Crippen LogP contribution in [0.25, 0.3) is 5.95 Å². The van der Waals surface area contributed by atoms with Crippen molar-refractivity contribution in [3.8, 4) is 23.2 Å². The van der Waals surface area contributed by atoms with Crippen molar-refractivity contribution in [3.05, 3.63) is 83.6 Å². The lowest BCUT2D eigenvalue weighted by atomic mass is 9.88. The number of hydrogen-bond donors (Lipinski definition) is 1. The summed E-state index contributed by atoms with van der Waals surface area (Å²) in [4.78, 5) is 31.4. The average Bonchev–Trinajstić information content (AvgIpc) is 3.74. The van der Waals surface area contributed by atoms with Crippen molar-refractivity contribution in [2.45, 2.75) is 39.0 Å². The summed E-state index contributed by atoms with van der Waals surface area (Å²) in [7, 11) is 0. The van der Waals surface area contributed by atoms with Crippen LogP contribution >= 0.6 is 0 Å². The van der Waals surface area contributed by atoms with Gasteiger partial charge in [0.1, 0.15) is 17.9 Å². The standard InChI is InChI=1S/C32H35N7O5/c1-21-12-30(36-32(35-21)39-9-8-34-18-39)38-11-10-37(15-23-4-7-28-29(14-23)44-20-43-28)26(16-38)25(31(33)40)5-2-22-3-6-27-24(13-22)17-41-19-42-27/h3-4,6-9,12-14,18,25-26H,2,5,10-11,15-17,19-20H2,1H3,(H2,33,40). The van der Waals surface area contributed by atoms with Crippen LogP contribution in [0, 0.1) is 12.8 Å². The number of imidazole rings is 1. The lowest BCUT2D eigenvalue weighted by molar-refractivity contribution is -0.124. The van der Waals surface area contributed by atoms with E-state index < -0.39 is 5.92 Å². The van der Waals surface area contributed by atoms with Crippen molar-refractivity contribution < 1.29 is 23.7 Å². The molecular formula is C32H35N7O5. The molecule has 12 nitrogen and oxygen atoms in total. The number of aryl methyl sites for hydroxylation is 2. The molecule has 0 saturated carbocycles. The number of benzene rings is 2. The van der Waals surface area contributed by atoms with Crippen LogP contribution < -0.4 is 24.8 Å². The molecule has 1 fully saturated rings. The van der Waals surface area contributed by atoms with Crippen LogP contribution in [-0.4, -0.2) is 69.6 Å².